The molecule has 0 atom stereocenters. The molecule has 0 spiro atoms. The van der Waals surface area contributed by atoms with Gasteiger partial charge in [0.2, 0.25) is 0 Å². The molecule has 0 saturated heterocycles. The van der Waals surface area contributed by atoms with Crippen LogP contribution in [-0.4, -0.2) is 21.9 Å². The fourth-order valence-corrected chi connectivity index (χ4v) is 0.610. The fraction of sp³-hybridized carbons (Fsp3) is 0.600. The van der Waals surface area contributed by atoms with E-state index in [0.717, 1.165) is 11.8 Å². The van der Waals surface area contributed by atoms with Crippen molar-refractivity contribution in [2.24, 2.45) is 5.90 Å². The average Bonchev–Trinajstić information content (AvgIpc) is 1.89. The molecule has 3 N–H and O–H groups in total. The smallest absolute Gasteiger partial charge is 0.186 e. The predicted molar refractivity (Wildman–Crippen MR) is 39.8 cm³/mol. The SMILES string of the molecule is CC(=O)CSC(C)=O.NO. The minimum Gasteiger partial charge on any atom is -0.320 e. The first-order chi connectivity index (χ1) is 4.63. The largest absolute Gasteiger partial charge is 0.320 e. The van der Waals surface area contributed by atoms with Crippen LogP contribution in [0.2, 0.25) is 0 Å². The highest BCUT2D eigenvalue weighted by atomic mass is 32.2. The Hall–Kier alpha value is -0.390. The Morgan fingerprint density at radius 2 is 1.80 bits per heavy atom. The molecule has 0 bridgehead atoms. The molecular formula is C5H11NO3S. The number of carbonyl (C=O) groups is 2. The van der Waals surface area contributed by atoms with Gasteiger partial charge in [-0.05, 0) is 6.92 Å². The van der Waals surface area contributed by atoms with E-state index in [2.05, 4.69) is 5.90 Å². The Bertz CT molecular complexity index is 101. The molecule has 0 radical (unpaired) electrons. The van der Waals surface area contributed by atoms with Gasteiger partial charge in [0, 0.05) is 6.92 Å². The first-order valence-corrected chi connectivity index (χ1v) is 3.50. The third-order valence-electron chi connectivity index (χ3n) is 0.479. The zero-order valence-electron chi connectivity index (χ0n) is 5.96. The molecule has 0 aromatic carbocycles. The van der Waals surface area contributed by atoms with Crippen molar-refractivity contribution in [3.05, 3.63) is 0 Å². The summed E-state index contributed by atoms with van der Waals surface area (Å²) in [4.78, 5) is 20.3. The molecule has 10 heavy (non-hydrogen) atoms. The maximum absolute atomic E-state index is 10.2. The molecule has 0 aliphatic rings. The third-order valence-corrected chi connectivity index (χ3v) is 1.44. The van der Waals surface area contributed by atoms with E-state index in [-0.39, 0.29) is 10.9 Å². The number of Topliss-reactive ketones (excluding diaryl/α,β-unsaturated/α-hetero) is 1. The third kappa shape index (κ3) is 15.6. The van der Waals surface area contributed by atoms with Gasteiger partial charge in [-0.3, -0.25) is 9.59 Å². The number of thioether (sulfide) groups is 1. The Labute approximate surface area is 63.7 Å². The van der Waals surface area contributed by atoms with Crippen LogP contribution in [0.3, 0.4) is 0 Å². The summed E-state index contributed by atoms with van der Waals surface area (Å²) in [7, 11) is 0. The number of nitrogens with two attached hydrogens (primary N) is 1. The van der Waals surface area contributed by atoms with Crippen LogP contribution < -0.4 is 5.90 Å². The molecule has 0 aromatic rings. The number of carbonyl (C=O) groups excluding carboxylic acids is 2. The standard InChI is InChI=1S/C5H8O2S.H3NO/c1-4(6)3-8-5(2)7;1-2/h3H2,1-2H3;2H,1H2. The van der Waals surface area contributed by atoms with Crippen LogP contribution in [0.4, 0.5) is 0 Å². The molecule has 5 heteroatoms. The van der Waals surface area contributed by atoms with E-state index in [9.17, 15) is 9.59 Å². The summed E-state index contributed by atoms with van der Waals surface area (Å²) >= 11 is 1.05. The van der Waals surface area contributed by atoms with Gasteiger partial charge < -0.3 is 5.21 Å². The topological polar surface area (TPSA) is 80.4 Å². The van der Waals surface area contributed by atoms with Crippen LogP contribution in [0.15, 0.2) is 0 Å². The van der Waals surface area contributed by atoms with Gasteiger partial charge in [-0.2, -0.15) is 0 Å². The normalized spacial score (nSPS) is 7.60. The first kappa shape index (κ1) is 12.3. The molecule has 60 valence electrons. The second-order valence-corrected chi connectivity index (χ2v) is 2.63. The summed E-state index contributed by atoms with van der Waals surface area (Å²) in [6.45, 7) is 2.92. The molecule has 0 saturated carbocycles. The van der Waals surface area contributed by atoms with Gasteiger partial charge in [-0.25, -0.2) is 5.90 Å². The van der Waals surface area contributed by atoms with E-state index < -0.39 is 0 Å². The van der Waals surface area contributed by atoms with Gasteiger partial charge in [0.15, 0.2) is 5.12 Å². The van der Waals surface area contributed by atoms with Crippen molar-refractivity contribution in [3.63, 3.8) is 0 Å². The second-order valence-electron chi connectivity index (χ2n) is 1.48. The summed E-state index contributed by atoms with van der Waals surface area (Å²) in [6.07, 6.45) is 0. The lowest BCUT2D eigenvalue weighted by molar-refractivity contribution is -0.115. The van der Waals surface area contributed by atoms with E-state index in [0.29, 0.717) is 5.75 Å². The highest BCUT2D eigenvalue weighted by Crippen LogP contribution is 1.99. The Kier molecular flexibility index (Phi) is 10.6. The maximum Gasteiger partial charge on any atom is 0.186 e. The molecule has 0 aromatic heterocycles. The molecule has 0 aliphatic carbocycles. The predicted octanol–water partition coefficient (Wildman–Crippen LogP) is 0.189. The zero-order chi connectivity index (χ0) is 8.57. The first-order valence-electron chi connectivity index (χ1n) is 2.51. The van der Waals surface area contributed by atoms with Crippen molar-refractivity contribution in [2.45, 2.75) is 13.8 Å². The van der Waals surface area contributed by atoms with Gasteiger partial charge in [-0.1, -0.05) is 11.8 Å². The number of rotatable bonds is 2. The van der Waals surface area contributed by atoms with Crippen LogP contribution in [0, 0.1) is 0 Å². The monoisotopic (exact) mass is 165 g/mol. The number of ketones is 1. The summed E-state index contributed by atoms with van der Waals surface area (Å²) in [5, 5.41) is 6.50. The second kappa shape index (κ2) is 8.61. The highest BCUT2D eigenvalue weighted by molar-refractivity contribution is 8.14. The van der Waals surface area contributed by atoms with Crippen LogP contribution >= 0.6 is 11.8 Å². The van der Waals surface area contributed by atoms with E-state index in [1.165, 1.54) is 13.8 Å². The molecule has 0 unspecified atom stereocenters. The van der Waals surface area contributed by atoms with E-state index in [1.807, 2.05) is 0 Å². The van der Waals surface area contributed by atoms with E-state index >= 15 is 0 Å². The Balaban J connectivity index is 0. The van der Waals surface area contributed by atoms with E-state index in [4.69, 9.17) is 5.21 Å². The van der Waals surface area contributed by atoms with Crippen molar-refractivity contribution >= 4 is 22.7 Å². The molecule has 4 nitrogen and oxygen atoms in total. The minimum absolute atomic E-state index is 0.000185. The summed E-state index contributed by atoms with van der Waals surface area (Å²) in [5.41, 5.74) is 0. The van der Waals surface area contributed by atoms with Crippen molar-refractivity contribution in [2.75, 3.05) is 5.75 Å². The van der Waals surface area contributed by atoms with E-state index in [1.54, 1.807) is 0 Å². The van der Waals surface area contributed by atoms with Gasteiger partial charge >= 0.3 is 0 Å². The lowest BCUT2D eigenvalue weighted by Crippen LogP contribution is -1.95. The van der Waals surface area contributed by atoms with Gasteiger partial charge in [0.05, 0.1) is 5.75 Å². The molecule has 0 aliphatic heterocycles. The van der Waals surface area contributed by atoms with Crippen molar-refractivity contribution in [1.29, 1.82) is 0 Å². The van der Waals surface area contributed by atoms with Crippen molar-refractivity contribution in [1.82, 2.24) is 0 Å². The molecule has 0 heterocycles. The lowest BCUT2D eigenvalue weighted by Gasteiger charge is -1.86. The molecular weight excluding hydrogens is 154 g/mol. The Morgan fingerprint density at radius 3 is 1.90 bits per heavy atom. The van der Waals surface area contributed by atoms with Crippen LogP contribution in [0.25, 0.3) is 0 Å². The van der Waals surface area contributed by atoms with Crippen LogP contribution in [-0.2, 0) is 9.59 Å². The van der Waals surface area contributed by atoms with Crippen molar-refractivity contribution in [3.8, 4) is 0 Å². The number of hydrogen-bond acceptors (Lipinski definition) is 5. The van der Waals surface area contributed by atoms with Crippen LogP contribution in [0.1, 0.15) is 13.8 Å². The van der Waals surface area contributed by atoms with Gasteiger partial charge in [0.1, 0.15) is 5.78 Å². The minimum atomic E-state index is 0.000185. The lowest BCUT2D eigenvalue weighted by atomic mass is 10.5. The Morgan fingerprint density at radius 1 is 1.40 bits per heavy atom. The fourth-order valence-electron chi connectivity index (χ4n) is 0.203. The van der Waals surface area contributed by atoms with Crippen molar-refractivity contribution < 1.29 is 14.8 Å². The molecule has 0 rings (SSSR count). The maximum atomic E-state index is 10.2. The summed E-state index contributed by atoms with van der Waals surface area (Å²) < 4.78 is 0. The van der Waals surface area contributed by atoms with Gasteiger partial charge in [0.25, 0.3) is 0 Å². The zero-order valence-corrected chi connectivity index (χ0v) is 6.77. The van der Waals surface area contributed by atoms with Gasteiger partial charge in [-0.15, -0.1) is 0 Å². The molecule has 0 fully saturated rings. The summed E-state index contributed by atoms with van der Waals surface area (Å²) in [6, 6.07) is 0. The number of hydrogen-bond donors (Lipinski definition) is 2. The average molecular weight is 165 g/mol. The molecule has 0 amide bonds. The van der Waals surface area contributed by atoms with Crippen LogP contribution in [0.5, 0.6) is 0 Å². The quantitative estimate of drug-likeness (QED) is 0.571. The summed E-state index contributed by atoms with van der Waals surface area (Å²) in [5.74, 6) is 3.86. The highest BCUT2D eigenvalue weighted by Gasteiger charge is 1.95.